The van der Waals surface area contributed by atoms with E-state index in [9.17, 15) is 9.59 Å². The Labute approximate surface area is 214 Å². The van der Waals surface area contributed by atoms with E-state index in [1.54, 1.807) is 0 Å². The van der Waals surface area contributed by atoms with Crippen molar-refractivity contribution in [2.24, 2.45) is 5.92 Å². The van der Waals surface area contributed by atoms with Gasteiger partial charge in [-0.15, -0.1) is 0 Å². The largest absolute Gasteiger partial charge is 0.441 e. The molecule has 2 amide bonds. The van der Waals surface area contributed by atoms with Crippen molar-refractivity contribution in [2.75, 3.05) is 6.54 Å². The van der Waals surface area contributed by atoms with E-state index in [1.165, 1.54) is 16.0 Å². The topological polar surface area (TPSA) is 49.9 Å². The zero-order valence-corrected chi connectivity index (χ0v) is 21.6. The molecule has 3 aromatic carbocycles. The van der Waals surface area contributed by atoms with Crippen LogP contribution in [0.2, 0.25) is 0 Å². The van der Waals surface area contributed by atoms with E-state index in [0.29, 0.717) is 19.6 Å². The van der Waals surface area contributed by atoms with E-state index in [0.717, 1.165) is 5.56 Å². The number of carbonyl (C=O) groups is 2. The summed E-state index contributed by atoms with van der Waals surface area (Å²) in [6, 6.07) is 30.0. The molecule has 0 aromatic heterocycles. The molecule has 36 heavy (non-hydrogen) atoms. The van der Waals surface area contributed by atoms with Crippen LogP contribution >= 0.6 is 0 Å². The smallest absolute Gasteiger partial charge is 0.417 e. The molecule has 3 aromatic rings. The summed E-state index contributed by atoms with van der Waals surface area (Å²) in [6.07, 6.45) is -0.553. The second kappa shape index (κ2) is 11.1. The quantitative estimate of drug-likeness (QED) is 0.360. The average Bonchev–Trinajstić information content (AvgIpc) is 3.12. The molecule has 2 atom stereocenters. The molecule has 1 heterocycles. The van der Waals surface area contributed by atoms with Crippen molar-refractivity contribution < 1.29 is 14.3 Å². The summed E-state index contributed by atoms with van der Waals surface area (Å²) in [5.74, 6) is -0.653. The molecule has 0 aliphatic carbocycles. The van der Waals surface area contributed by atoms with Gasteiger partial charge in [-0.2, -0.15) is 0 Å². The lowest BCUT2D eigenvalue weighted by atomic mass is 9.87. The Morgan fingerprint density at radius 2 is 1.33 bits per heavy atom. The summed E-state index contributed by atoms with van der Waals surface area (Å²) in [6.45, 7) is 9.69. The van der Waals surface area contributed by atoms with Gasteiger partial charge in [-0.05, 0) is 36.5 Å². The third kappa shape index (κ3) is 5.85. The van der Waals surface area contributed by atoms with E-state index in [2.05, 4.69) is 29.2 Å². The number of cyclic esters (lactones) is 1. The Morgan fingerprint density at radius 1 is 0.861 bits per heavy atom. The van der Waals surface area contributed by atoms with E-state index in [-0.39, 0.29) is 17.9 Å². The van der Waals surface area contributed by atoms with Gasteiger partial charge in [-0.3, -0.25) is 9.69 Å². The first kappa shape index (κ1) is 25.6. The summed E-state index contributed by atoms with van der Waals surface area (Å²) >= 11 is 0. The molecule has 1 fully saturated rings. The van der Waals surface area contributed by atoms with Crippen LogP contribution in [-0.2, 0) is 22.6 Å². The van der Waals surface area contributed by atoms with E-state index in [4.69, 9.17) is 4.74 Å². The van der Waals surface area contributed by atoms with Crippen LogP contribution in [0.1, 0.15) is 50.3 Å². The van der Waals surface area contributed by atoms with Gasteiger partial charge in [0.05, 0.1) is 12.0 Å². The lowest BCUT2D eigenvalue weighted by Crippen LogP contribution is -2.50. The molecule has 5 nitrogen and oxygen atoms in total. The number of hydrogen-bond acceptors (Lipinski definition) is 4. The van der Waals surface area contributed by atoms with Crippen LogP contribution in [0.5, 0.6) is 0 Å². The number of rotatable bonds is 9. The van der Waals surface area contributed by atoms with Crippen LogP contribution in [0.4, 0.5) is 4.79 Å². The fourth-order valence-electron chi connectivity index (χ4n) is 5.39. The average molecular weight is 485 g/mol. The molecule has 4 rings (SSSR count). The summed E-state index contributed by atoms with van der Waals surface area (Å²) in [7, 11) is 0. The van der Waals surface area contributed by atoms with Crippen LogP contribution in [0.15, 0.2) is 91.0 Å². The maximum atomic E-state index is 14.2. The highest BCUT2D eigenvalue weighted by atomic mass is 16.6. The van der Waals surface area contributed by atoms with Gasteiger partial charge >= 0.3 is 6.09 Å². The van der Waals surface area contributed by atoms with Gasteiger partial charge in [0, 0.05) is 19.6 Å². The highest BCUT2D eigenvalue weighted by Gasteiger charge is 2.53. The number of amides is 2. The van der Waals surface area contributed by atoms with E-state index in [1.807, 2.05) is 94.4 Å². The van der Waals surface area contributed by atoms with Crippen LogP contribution < -0.4 is 0 Å². The van der Waals surface area contributed by atoms with Crippen molar-refractivity contribution in [3.05, 3.63) is 108 Å². The molecule has 1 aliphatic heterocycles. The molecule has 5 heteroatoms. The maximum absolute atomic E-state index is 14.2. The minimum absolute atomic E-state index is 0.0663. The number of carbonyl (C=O) groups excluding carboxylic acids is 2. The number of ether oxygens (including phenoxy) is 1. The zero-order valence-electron chi connectivity index (χ0n) is 21.6. The Morgan fingerprint density at radius 3 is 1.81 bits per heavy atom. The van der Waals surface area contributed by atoms with Gasteiger partial charge in [0.1, 0.15) is 5.60 Å². The number of hydrogen-bond donors (Lipinski definition) is 0. The summed E-state index contributed by atoms with van der Waals surface area (Å²) in [4.78, 5) is 30.9. The molecule has 0 N–H and O–H groups in total. The van der Waals surface area contributed by atoms with Crippen molar-refractivity contribution in [1.82, 2.24) is 9.80 Å². The Hall–Kier alpha value is -3.44. The minimum atomic E-state index is -0.740. The van der Waals surface area contributed by atoms with Gasteiger partial charge < -0.3 is 4.74 Å². The molecule has 0 spiro atoms. The number of nitrogens with zero attached hydrogens (tertiary/aromatic N) is 2. The minimum Gasteiger partial charge on any atom is -0.441 e. The SMILES string of the molecule is CC(C)[C@@H]1N(C(=O)[C@@H](CN(Cc2ccccc2)Cc2ccccc2)c2ccccc2)C(=O)OC1(C)C. The van der Waals surface area contributed by atoms with Crippen molar-refractivity contribution in [1.29, 1.82) is 0 Å². The van der Waals surface area contributed by atoms with Crippen molar-refractivity contribution in [3.63, 3.8) is 0 Å². The van der Waals surface area contributed by atoms with Crippen LogP contribution in [0, 0.1) is 5.92 Å². The third-order valence-corrected chi connectivity index (χ3v) is 6.85. The standard InChI is InChI=1S/C31H36N2O3/c1-23(2)28-31(3,4)36-30(35)33(28)29(34)27(26-18-12-7-13-19-26)22-32(20-24-14-8-5-9-15-24)21-25-16-10-6-11-17-25/h5-19,23,27-28H,20-22H2,1-4H3/t27-,28-/m0/s1. The Kier molecular flexibility index (Phi) is 7.90. The molecule has 1 saturated heterocycles. The van der Waals surface area contributed by atoms with Crippen LogP contribution in [0.25, 0.3) is 0 Å². The van der Waals surface area contributed by atoms with Crippen molar-refractivity contribution >= 4 is 12.0 Å². The van der Waals surface area contributed by atoms with Crippen molar-refractivity contribution in [3.8, 4) is 0 Å². The van der Waals surface area contributed by atoms with Gasteiger partial charge in [0.15, 0.2) is 0 Å². The van der Waals surface area contributed by atoms with Crippen molar-refractivity contribution in [2.45, 2.75) is 58.3 Å². The maximum Gasteiger partial charge on any atom is 0.417 e. The monoisotopic (exact) mass is 484 g/mol. The third-order valence-electron chi connectivity index (χ3n) is 6.85. The molecule has 0 saturated carbocycles. The zero-order chi connectivity index (χ0) is 25.7. The highest BCUT2D eigenvalue weighted by Crippen LogP contribution is 2.36. The first-order valence-corrected chi connectivity index (χ1v) is 12.7. The van der Waals surface area contributed by atoms with E-state index >= 15 is 0 Å². The Balaban J connectivity index is 1.69. The van der Waals surface area contributed by atoms with E-state index < -0.39 is 17.6 Å². The van der Waals surface area contributed by atoms with Gasteiger partial charge in [-0.25, -0.2) is 9.69 Å². The molecule has 0 radical (unpaired) electrons. The van der Waals surface area contributed by atoms with Gasteiger partial charge in [0.25, 0.3) is 0 Å². The highest BCUT2D eigenvalue weighted by molar-refractivity contribution is 5.97. The second-order valence-corrected chi connectivity index (χ2v) is 10.5. The molecule has 1 aliphatic rings. The predicted molar refractivity (Wildman–Crippen MR) is 142 cm³/mol. The molecule has 0 bridgehead atoms. The number of benzene rings is 3. The predicted octanol–water partition coefficient (Wildman–Crippen LogP) is 6.25. The number of imide groups is 1. The second-order valence-electron chi connectivity index (χ2n) is 10.5. The Bertz CT molecular complexity index is 1100. The lowest BCUT2D eigenvalue weighted by molar-refractivity contribution is -0.132. The molecular formula is C31H36N2O3. The normalized spacial score (nSPS) is 17.9. The fraction of sp³-hybridized carbons (Fsp3) is 0.355. The summed E-state index contributed by atoms with van der Waals surface area (Å²) in [5.41, 5.74) is 2.51. The van der Waals surface area contributed by atoms with Gasteiger partial charge in [0.2, 0.25) is 5.91 Å². The first-order chi connectivity index (χ1) is 17.3. The van der Waals surface area contributed by atoms with Gasteiger partial charge in [-0.1, -0.05) is 105 Å². The molecule has 0 unspecified atom stereocenters. The molecule has 188 valence electrons. The summed E-state index contributed by atoms with van der Waals surface area (Å²) < 4.78 is 5.69. The molecular weight excluding hydrogens is 448 g/mol. The fourth-order valence-corrected chi connectivity index (χ4v) is 5.39. The summed E-state index contributed by atoms with van der Waals surface area (Å²) in [5, 5.41) is 0. The van der Waals surface area contributed by atoms with Crippen LogP contribution in [-0.4, -0.2) is 40.0 Å². The van der Waals surface area contributed by atoms with Crippen LogP contribution in [0.3, 0.4) is 0 Å². The lowest BCUT2D eigenvalue weighted by Gasteiger charge is -2.34. The first-order valence-electron chi connectivity index (χ1n) is 12.7.